The minimum atomic E-state index is -0.279. The van der Waals surface area contributed by atoms with Gasteiger partial charge < -0.3 is 15.2 Å². The van der Waals surface area contributed by atoms with Crippen molar-refractivity contribution in [1.82, 2.24) is 14.8 Å². The molecule has 2 aromatic carbocycles. The first-order valence-electron chi connectivity index (χ1n) is 13.7. The monoisotopic (exact) mass is 525 g/mol. The second-order valence-corrected chi connectivity index (χ2v) is 10.3. The van der Waals surface area contributed by atoms with Crippen molar-refractivity contribution in [2.45, 2.75) is 46.6 Å². The summed E-state index contributed by atoms with van der Waals surface area (Å²) in [6.07, 6.45) is 2.86. The number of nitrogens with one attached hydrogen (secondary N) is 2. The van der Waals surface area contributed by atoms with Gasteiger partial charge in [0.15, 0.2) is 0 Å². The van der Waals surface area contributed by atoms with Crippen LogP contribution in [0.2, 0.25) is 0 Å². The molecular weight excluding hydrogens is 490 g/mol. The Hall–Kier alpha value is -4.04. The summed E-state index contributed by atoms with van der Waals surface area (Å²) in [6.45, 7) is 11.1. The zero-order chi connectivity index (χ0) is 27.7. The Morgan fingerprint density at radius 1 is 1.05 bits per heavy atom. The number of carbonyl (C=O) groups excluding carboxylic acids is 2. The lowest BCUT2D eigenvalue weighted by atomic mass is 9.99. The third-order valence-corrected chi connectivity index (χ3v) is 7.76. The summed E-state index contributed by atoms with van der Waals surface area (Å²) in [5, 5.41) is 3.51. The van der Waals surface area contributed by atoms with Crippen LogP contribution in [-0.4, -0.2) is 64.5 Å². The number of aromatic nitrogens is 1. The van der Waals surface area contributed by atoms with E-state index in [1.807, 2.05) is 18.2 Å². The first kappa shape index (κ1) is 26.6. The Balaban J connectivity index is 1.38. The van der Waals surface area contributed by atoms with Crippen LogP contribution in [0.3, 0.4) is 0 Å². The van der Waals surface area contributed by atoms with Gasteiger partial charge in [0.2, 0.25) is 0 Å². The highest BCUT2D eigenvalue weighted by Gasteiger charge is 2.37. The van der Waals surface area contributed by atoms with Gasteiger partial charge in [0, 0.05) is 31.7 Å². The maximum Gasteiger partial charge on any atom is 0.261 e. The number of aliphatic imine (C=N–C) groups is 1. The smallest absolute Gasteiger partial charge is 0.261 e. The molecule has 8 nitrogen and oxygen atoms in total. The molecule has 0 spiro atoms. The van der Waals surface area contributed by atoms with E-state index in [9.17, 15) is 14.4 Å². The summed E-state index contributed by atoms with van der Waals surface area (Å²) in [7, 11) is 0. The molecule has 39 heavy (non-hydrogen) atoms. The molecule has 0 aliphatic carbocycles. The number of fused-ring (bicyclic) bond motifs is 2. The van der Waals surface area contributed by atoms with E-state index in [-0.39, 0.29) is 23.4 Å². The van der Waals surface area contributed by atoms with Crippen LogP contribution in [0.4, 0.5) is 11.4 Å². The molecule has 8 heteroatoms. The SMILES string of the molecule is CCN(CC)CCN1C(=O)c2cc3c(cc2C1=O)N=C(c1c(NC(C)Cc2ccccc2C)cc[nH]c1=O)C3. The summed E-state index contributed by atoms with van der Waals surface area (Å²) < 4.78 is 0. The molecule has 0 saturated carbocycles. The molecule has 0 bridgehead atoms. The fourth-order valence-electron chi connectivity index (χ4n) is 5.48. The number of carbonyl (C=O) groups is 2. The minimum Gasteiger partial charge on any atom is -0.382 e. The largest absolute Gasteiger partial charge is 0.382 e. The van der Waals surface area contributed by atoms with Crippen molar-refractivity contribution in [2.24, 2.45) is 4.99 Å². The van der Waals surface area contributed by atoms with E-state index < -0.39 is 0 Å². The first-order chi connectivity index (χ1) is 18.8. The number of imide groups is 1. The quantitative estimate of drug-likeness (QED) is 0.384. The van der Waals surface area contributed by atoms with Crippen LogP contribution in [0.5, 0.6) is 0 Å². The Morgan fingerprint density at radius 3 is 2.49 bits per heavy atom. The molecule has 1 aromatic heterocycles. The van der Waals surface area contributed by atoms with Crippen molar-refractivity contribution in [1.29, 1.82) is 0 Å². The molecule has 3 aromatic rings. The van der Waals surface area contributed by atoms with Gasteiger partial charge in [0.05, 0.1) is 33.8 Å². The van der Waals surface area contributed by atoms with Crippen LogP contribution in [-0.2, 0) is 12.8 Å². The zero-order valence-corrected chi connectivity index (χ0v) is 23.0. The predicted molar refractivity (Wildman–Crippen MR) is 155 cm³/mol. The van der Waals surface area contributed by atoms with Gasteiger partial charge >= 0.3 is 0 Å². The number of aromatic amines is 1. The second-order valence-electron chi connectivity index (χ2n) is 10.3. The number of hydrogen-bond donors (Lipinski definition) is 2. The third kappa shape index (κ3) is 5.16. The van der Waals surface area contributed by atoms with Gasteiger partial charge in [-0.1, -0.05) is 38.1 Å². The Labute approximate surface area is 228 Å². The van der Waals surface area contributed by atoms with E-state index >= 15 is 0 Å². The molecular formula is C31H35N5O3. The highest BCUT2D eigenvalue weighted by atomic mass is 16.2. The molecule has 5 rings (SSSR count). The number of anilines is 1. The van der Waals surface area contributed by atoms with Crippen LogP contribution in [0, 0.1) is 6.92 Å². The number of nitrogens with zero attached hydrogens (tertiary/aromatic N) is 3. The summed E-state index contributed by atoms with van der Waals surface area (Å²) in [4.78, 5) is 50.3. The maximum absolute atomic E-state index is 13.1. The lowest BCUT2D eigenvalue weighted by Crippen LogP contribution is -2.38. The number of benzene rings is 2. The number of H-pyrrole nitrogens is 1. The lowest BCUT2D eigenvalue weighted by molar-refractivity contribution is 0.0638. The minimum absolute atomic E-state index is 0.0809. The molecule has 2 aliphatic heterocycles. The number of amides is 2. The van der Waals surface area contributed by atoms with Gasteiger partial charge in [0.1, 0.15) is 0 Å². The van der Waals surface area contributed by atoms with Crippen molar-refractivity contribution < 1.29 is 9.59 Å². The number of hydrogen-bond acceptors (Lipinski definition) is 6. The Morgan fingerprint density at radius 2 is 1.77 bits per heavy atom. The van der Waals surface area contributed by atoms with Crippen LogP contribution in [0.25, 0.3) is 0 Å². The molecule has 0 saturated heterocycles. The Bertz CT molecular complexity index is 1520. The van der Waals surface area contributed by atoms with E-state index in [2.05, 4.69) is 55.0 Å². The summed E-state index contributed by atoms with van der Waals surface area (Å²) >= 11 is 0. The molecule has 202 valence electrons. The van der Waals surface area contributed by atoms with Gasteiger partial charge in [-0.05, 0) is 68.2 Å². The summed E-state index contributed by atoms with van der Waals surface area (Å²) in [5.74, 6) is -0.540. The zero-order valence-electron chi connectivity index (χ0n) is 23.0. The van der Waals surface area contributed by atoms with Crippen molar-refractivity contribution in [3.8, 4) is 0 Å². The number of aryl methyl sites for hydroxylation is 1. The number of pyridine rings is 1. The molecule has 3 heterocycles. The van der Waals surface area contributed by atoms with Crippen LogP contribution in [0.15, 0.2) is 58.4 Å². The topological polar surface area (TPSA) is 97.9 Å². The highest BCUT2D eigenvalue weighted by Crippen LogP contribution is 2.36. The number of likely N-dealkylation sites (N-methyl/N-ethyl adjacent to an activating group) is 1. The van der Waals surface area contributed by atoms with Crippen molar-refractivity contribution >= 4 is 28.9 Å². The normalized spacial score (nSPS) is 15.0. The molecule has 2 aliphatic rings. The lowest BCUT2D eigenvalue weighted by Gasteiger charge is -2.21. The molecule has 2 amide bonds. The van der Waals surface area contributed by atoms with Gasteiger partial charge in [0.25, 0.3) is 17.4 Å². The van der Waals surface area contributed by atoms with Crippen LogP contribution in [0.1, 0.15) is 63.7 Å². The van der Waals surface area contributed by atoms with Gasteiger partial charge in [-0.15, -0.1) is 0 Å². The van der Waals surface area contributed by atoms with Crippen molar-refractivity contribution in [3.05, 3.63) is 92.4 Å². The third-order valence-electron chi connectivity index (χ3n) is 7.76. The predicted octanol–water partition coefficient (Wildman–Crippen LogP) is 4.34. The molecule has 1 atom stereocenters. The average molecular weight is 526 g/mol. The second kappa shape index (κ2) is 11.0. The van der Waals surface area contributed by atoms with Gasteiger partial charge in [-0.3, -0.25) is 24.3 Å². The standard InChI is InChI=1S/C31H35N5O3/c1-5-35(6-2)13-14-36-30(38)23-16-22-17-27(34-26(22)18-24(23)31(36)39)28-25(11-12-32-29(28)37)33-20(4)15-21-10-8-7-9-19(21)3/h7-12,16,18,20H,5-6,13-15,17H2,1-4H3,(H2,32,33,37). The van der Waals surface area contributed by atoms with Crippen molar-refractivity contribution in [2.75, 3.05) is 31.5 Å². The van der Waals surface area contributed by atoms with E-state index in [4.69, 9.17) is 4.99 Å². The fraction of sp³-hybridized carbons (Fsp3) is 0.355. The maximum atomic E-state index is 13.1. The highest BCUT2D eigenvalue weighted by molar-refractivity contribution is 6.22. The van der Waals surface area contributed by atoms with E-state index in [1.165, 1.54) is 16.0 Å². The van der Waals surface area contributed by atoms with Gasteiger partial charge in [-0.25, -0.2) is 0 Å². The molecule has 1 unspecified atom stereocenters. The summed E-state index contributed by atoms with van der Waals surface area (Å²) in [6, 6.07) is 13.7. The van der Waals surface area contributed by atoms with E-state index in [0.717, 1.165) is 25.1 Å². The fourth-order valence-corrected chi connectivity index (χ4v) is 5.48. The van der Waals surface area contributed by atoms with Crippen LogP contribution >= 0.6 is 0 Å². The molecule has 2 N–H and O–H groups in total. The summed E-state index contributed by atoms with van der Waals surface area (Å²) in [5.41, 5.74) is 6.38. The Kier molecular flexibility index (Phi) is 7.48. The van der Waals surface area contributed by atoms with E-state index in [0.29, 0.717) is 53.3 Å². The first-order valence-corrected chi connectivity index (χ1v) is 13.7. The molecule has 0 radical (unpaired) electrons. The molecule has 0 fully saturated rings. The average Bonchev–Trinajstić information content (AvgIpc) is 3.43. The van der Waals surface area contributed by atoms with Crippen molar-refractivity contribution in [3.63, 3.8) is 0 Å². The number of rotatable bonds is 10. The van der Waals surface area contributed by atoms with Gasteiger partial charge in [-0.2, -0.15) is 0 Å². The van der Waals surface area contributed by atoms with Crippen LogP contribution < -0.4 is 10.9 Å². The van der Waals surface area contributed by atoms with E-state index in [1.54, 1.807) is 18.3 Å².